The number of nitrogens with zero attached hydrogens (tertiary/aromatic N) is 5. The summed E-state index contributed by atoms with van der Waals surface area (Å²) in [5.74, 6) is 0. The molecule has 1 aromatic carbocycles. The molecule has 0 radical (unpaired) electrons. The highest BCUT2D eigenvalue weighted by Gasteiger charge is 2.17. The van der Waals surface area contributed by atoms with Crippen molar-refractivity contribution in [2.24, 2.45) is 7.05 Å². The van der Waals surface area contributed by atoms with Gasteiger partial charge in [0.1, 0.15) is 16.9 Å². The molecule has 0 spiro atoms. The summed E-state index contributed by atoms with van der Waals surface area (Å²) in [6, 6.07) is 10.7. The van der Waals surface area contributed by atoms with Crippen molar-refractivity contribution in [1.29, 1.82) is 0 Å². The third-order valence-electron chi connectivity index (χ3n) is 4.80. The molecule has 0 bridgehead atoms. The van der Waals surface area contributed by atoms with E-state index in [0.29, 0.717) is 33.3 Å². The van der Waals surface area contributed by atoms with E-state index >= 15 is 0 Å². The first-order valence-electron chi connectivity index (χ1n) is 8.96. The normalized spacial score (nSPS) is 11.4. The Morgan fingerprint density at radius 3 is 2.72 bits per heavy atom. The minimum Gasteiger partial charge on any atom is -0.305 e. The molecule has 8 heteroatoms. The van der Waals surface area contributed by atoms with E-state index in [2.05, 4.69) is 20.1 Å². The van der Waals surface area contributed by atoms with E-state index in [9.17, 15) is 4.79 Å². The van der Waals surface area contributed by atoms with Crippen LogP contribution in [0.4, 0.5) is 0 Å². The molecule has 7 nitrogen and oxygen atoms in total. The highest BCUT2D eigenvalue weighted by Crippen LogP contribution is 2.34. The second-order valence-electron chi connectivity index (χ2n) is 6.83. The van der Waals surface area contributed by atoms with E-state index in [1.54, 1.807) is 16.9 Å². The molecule has 0 amide bonds. The van der Waals surface area contributed by atoms with Crippen LogP contribution >= 0.6 is 11.6 Å². The predicted molar refractivity (Wildman–Crippen MR) is 113 cm³/mol. The van der Waals surface area contributed by atoms with Crippen molar-refractivity contribution in [2.45, 2.75) is 6.92 Å². The number of aromatic amines is 1. The van der Waals surface area contributed by atoms with Crippen molar-refractivity contribution in [2.75, 3.05) is 0 Å². The lowest BCUT2D eigenvalue weighted by Crippen LogP contribution is -2.06. The van der Waals surface area contributed by atoms with Gasteiger partial charge in [0, 0.05) is 36.5 Å². The molecule has 142 valence electrons. The fraction of sp³-hybridized carbons (Fsp3) is 0.0952. The van der Waals surface area contributed by atoms with Crippen LogP contribution in [0.1, 0.15) is 5.56 Å². The Bertz CT molecular complexity index is 1470. The number of hydrogen-bond donors (Lipinski definition) is 1. The molecular formula is C21H15ClN6O. The highest BCUT2D eigenvalue weighted by atomic mass is 35.5. The quantitative estimate of drug-likeness (QED) is 0.483. The first-order valence-corrected chi connectivity index (χ1v) is 9.34. The van der Waals surface area contributed by atoms with E-state index in [4.69, 9.17) is 16.6 Å². The van der Waals surface area contributed by atoms with Gasteiger partial charge >= 0.3 is 0 Å². The average Bonchev–Trinajstić information content (AvgIpc) is 3.14. The number of halogens is 1. The van der Waals surface area contributed by atoms with Crippen LogP contribution in [0.25, 0.3) is 44.7 Å². The van der Waals surface area contributed by atoms with Crippen molar-refractivity contribution in [3.8, 4) is 22.6 Å². The summed E-state index contributed by atoms with van der Waals surface area (Å²) in [5.41, 5.74) is 5.23. The Morgan fingerprint density at radius 1 is 1.07 bits per heavy atom. The number of aromatic nitrogens is 6. The molecule has 5 aromatic rings. The van der Waals surface area contributed by atoms with Gasteiger partial charge < -0.3 is 4.98 Å². The van der Waals surface area contributed by atoms with E-state index in [0.717, 1.165) is 22.0 Å². The van der Waals surface area contributed by atoms with Crippen LogP contribution in [0.2, 0.25) is 5.02 Å². The van der Waals surface area contributed by atoms with Gasteiger partial charge in [-0.2, -0.15) is 5.10 Å². The summed E-state index contributed by atoms with van der Waals surface area (Å²) in [6.45, 7) is 2.01. The second kappa shape index (κ2) is 6.49. The summed E-state index contributed by atoms with van der Waals surface area (Å²) in [5, 5.41) is 5.96. The molecule has 0 saturated carbocycles. The number of nitrogens with one attached hydrogen (secondary N) is 1. The molecule has 4 aromatic heterocycles. The largest absolute Gasteiger partial charge is 0.305 e. The van der Waals surface area contributed by atoms with Crippen LogP contribution in [0.15, 0.2) is 53.6 Å². The third kappa shape index (κ3) is 2.96. The Balaban J connectivity index is 1.86. The number of pyridine rings is 2. The van der Waals surface area contributed by atoms with Crippen molar-refractivity contribution in [3.63, 3.8) is 0 Å². The maximum atomic E-state index is 11.8. The number of aryl methyl sites for hydroxylation is 2. The van der Waals surface area contributed by atoms with Gasteiger partial charge in [-0.05, 0) is 42.8 Å². The monoisotopic (exact) mass is 402 g/mol. The zero-order chi connectivity index (χ0) is 20.1. The van der Waals surface area contributed by atoms with Crippen molar-refractivity contribution >= 4 is 33.7 Å². The lowest BCUT2D eigenvalue weighted by Gasteiger charge is -2.11. The lowest BCUT2D eigenvalue weighted by molar-refractivity contribution is 0.770. The van der Waals surface area contributed by atoms with Crippen LogP contribution in [0.5, 0.6) is 0 Å². The standard InChI is InChI=1S/C21H15ClN6O/c1-11-5-7-23-19-13(11)9-12(10-14(19)22)18-20(15-6-8-28(2)27-15)26-21-16(24-18)3-4-17(29)25-21/h3-10H,1-2H3,(H,25,26,29). The molecule has 5 rings (SSSR count). The summed E-state index contributed by atoms with van der Waals surface area (Å²) >= 11 is 6.55. The number of benzene rings is 1. The summed E-state index contributed by atoms with van der Waals surface area (Å²) in [6.07, 6.45) is 3.58. The maximum Gasteiger partial charge on any atom is 0.249 e. The Labute approximate surface area is 170 Å². The maximum absolute atomic E-state index is 11.8. The SMILES string of the molecule is Cc1ccnc2c(Cl)cc(-c3nc4ccc(=O)[nH]c4nc3-c3ccn(C)n3)cc12. The fourth-order valence-corrected chi connectivity index (χ4v) is 3.64. The molecule has 0 aliphatic carbocycles. The van der Waals surface area contributed by atoms with Gasteiger partial charge in [-0.15, -0.1) is 0 Å². The molecule has 1 N–H and O–H groups in total. The molecule has 0 atom stereocenters. The summed E-state index contributed by atoms with van der Waals surface area (Å²) < 4.78 is 1.69. The molecule has 4 heterocycles. The Hall–Kier alpha value is -3.58. The molecule has 0 unspecified atom stereocenters. The zero-order valence-electron chi connectivity index (χ0n) is 15.6. The molecule has 29 heavy (non-hydrogen) atoms. The lowest BCUT2D eigenvalue weighted by atomic mass is 10.0. The minimum atomic E-state index is -0.234. The minimum absolute atomic E-state index is 0.234. The zero-order valence-corrected chi connectivity index (χ0v) is 16.4. The molecular weight excluding hydrogens is 388 g/mol. The van der Waals surface area contributed by atoms with E-state index in [1.165, 1.54) is 6.07 Å². The number of rotatable bonds is 2. The van der Waals surface area contributed by atoms with Crippen LogP contribution in [0, 0.1) is 6.92 Å². The van der Waals surface area contributed by atoms with E-state index in [-0.39, 0.29) is 5.56 Å². The van der Waals surface area contributed by atoms with Crippen molar-refractivity contribution in [1.82, 2.24) is 29.7 Å². The highest BCUT2D eigenvalue weighted by molar-refractivity contribution is 6.35. The van der Waals surface area contributed by atoms with Gasteiger partial charge in [-0.3, -0.25) is 14.5 Å². The summed E-state index contributed by atoms with van der Waals surface area (Å²) in [4.78, 5) is 28.3. The van der Waals surface area contributed by atoms with Crippen molar-refractivity contribution < 1.29 is 0 Å². The number of hydrogen-bond acceptors (Lipinski definition) is 5. The van der Waals surface area contributed by atoms with Crippen LogP contribution in [-0.4, -0.2) is 29.7 Å². The fourth-order valence-electron chi connectivity index (χ4n) is 3.37. The van der Waals surface area contributed by atoms with Gasteiger partial charge in [0.15, 0.2) is 5.65 Å². The number of fused-ring (bicyclic) bond motifs is 2. The summed E-state index contributed by atoms with van der Waals surface area (Å²) in [7, 11) is 1.83. The van der Waals surface area contributed by atoms with Crippen LogP contribution < -0.4 is 5.56 Å². The first kappa shape index (κ1) is 17.5. The van der Waals surface area contributed by atoms with Gasteiger partial charge in [0.25, 0.3) is 0 Å². The Kier molecular flexibility index (Phi) is 3.92. The predicted octanol–water partition coefficient (Wildman–Crippen LogP) is 3.90. The molecule has 0 saturated heterocycles. The molecule has 0 aliphatic rings. The van der Waals surface area contributed by atoms with Crippen LogP contribution in [-0.2, 0) is 7.05 Å². The van der Waals surface area contributed by atoms with Crippen LogP contribution in [0.3, 0.4) is 0 Å². The topological polar surface area (TPSA) is 89.4 Å². The van der Waals surface area contributed by atoms with Crippen molar-refractivity contribution in [3.05, 3.63) is 69.7 Å². The molecule has 0 fully saturated rings. The van der Waals surface area contributed by atoms with Gasteiger partial charge in [0.2, 0.25) is 5.56 Å². The molecule has 0 aliphatic heterocycles. The number of H-pyrrole nitrogens is 1. The first-order chi connectivity index (χ1) is 14.0. The average molecular weight is 403 g/mol. The van der Waals surface area contributed by atoms with E-state index in [1.807, 2.05) is 44.4 Å². The van der Waals surface area contributed by atoms with Gasteiger partial charge in [0.05, 0.1) is 16.2 Å². The van der Waals surface area contributed by atoms with Gasteiger partial charge in [-0.1, -0.05) is 11.6 Å². The second-order valence-corrected chi connectivity index (χ2v) is 7.24. The Morgan fingerprint density at radius 2 is 1.93 bits per heavy atom. The van der Waals surface area contributed by atoms with Gasteiger partial charge in [-0.25, -0.2) is 9.97 Å². The third-order valence-corrected chi connectivity index (χ3v) is 5.09. The van der Waals surface area contributed by atoms with E-state index < -0.39 is 0 Å². The smallest absolute Gasteiger partial charge is 0.249 e.